The molecule has 0 bridgehead atoms. The Hall–Kier alpha value is -3.23. The summed E-state index contributed by atoms with van der Waals surface area (Å²) < 4.78 is 5.16. The summed E-state index contributed by atoms with van der Waals surface area (Å²) in [5, 5.41) is 9.60. The van der Waals surface area contributed by atoms with E-state index in [9.17, 15) is 9.59 Å². The molecule has 0 atom stereocenters. The van der Waals surface area contributed by atoms with Gasteiger partial charge in [-0.15, -0.1) is 11.3 Å². The van der Waals surface area contributed by atoms with Crippen LogP contribution < -0.4 is 20.7 Å². The lowest BCUT2D eigenvalue weighted by atomic mass is 10.1. The Morgan fingerprint density at radius 3 is 2.71 bits per heavy atom. The Balaban J connectivity index is 1.43. The van der Waals surface area contributed by atoms with E-state index in [0.29, 0.717) is 22.8 Å². The lowest BCUT2D eigenvalue weighted by Crippen LogP contribution is -2.28. The van der Waals surface area contributed by atoms with Crippen molar-refractivity contribution in [2.24, 2.45) is 0 Å². The van der Waals surface area contributed by atoms with Crippen molar-refractivity contribution < 1.29 is 14.3 Å². The average Bonchev–Trinajstić information content (AvgIpc) is 3.35. The van der Waals surface area contributed by atoms with E-state index in [1.165, 1.54) is 16.2 Å². The number of amides is 2. The maximum absolute atomic E-state index is 13.1. The summed E-state index contributed by atoms with van der Waals surface area (Å²) in [6.45, 7) is 0.698. The van der Waals surface area contributed by atoms with E-state index in [-0.39, 0.29) is 18.4 Å². The molecule has 2 heterocycles. The van der Waals surface area contributed by atoms with Gasteiger partial charge in [0, 0.05) is 29.5 Å². The molecular weight excluding hydrogens is 412 g/mol. The second-order valence-electron chi connectivity index (χ2n) is 7.26. The molecule has 0 saturated heterocycles. The van der Waals surface area contributed by atoms with Crippen molar-refractivity contribution in [2.75, 3.05) is 24.3 Å². The first-order chi connectivity index (χ1) is 15.1. The first kappa shape index (κ1) is 21.0. The molecule has 3 aromatic rings. The smallest absolute Gasteiger partial charge is 0.258 e. The molecule has 1 aromatic carbocycles. The number of thiophene rings is 1. The number of nitrogens with one attached hydrogen (secondary N) is 3. The van der Waals surface area contributed by atoms with Gasteiger partial charge in [0.2, 0.25) is 5.91 Å². The van der Waals surface area contributed by atoms with Gasteiger partial charge in [-0.25, -0.2) is 0 Å². The molecule has 3 N–H and O–H groups in total. The number of hydrogen-bond acceptors (Lipinski definition) is 6. The fraction of sp³-hybridized carbons (Fsp3) is 0.261. The topological polar surface area (TPSA) is 92.4 Å². The minimum Gasteiger partial charge on any atom is -0.497 e. The van der Waals surface area contributed by atoms with Gasteiger partial charge in [0.1, 0.15) is 10.8 Å². The van der Waals surface area contributed by atoms with Gasteiger partial charge in [0.25, 0.3) is 5.91 Å². The van der Waals surface area contributed by atoms with Crippen molar-refractivity contribution in [1.82, 2.24) is 10.3 Å². The molecule has 0 radical (unpaired) electrons. The summed E-state index contributed by atoms with van der Waals surface area (Å²) in [6.07, 6.45) is 6.30. The van der Waals surface area contributed by atoms with Gasteiger partial charge in [-0.1, -0.05) is 6.07 Å². The first-order valence-electron chi connectivity index (χ1n) is 10.1. The van der Waals surface area contributed by atoms with Crippen molar-refractivity contribution in [2.45, 2.75) is 25.8 Å². The zero-order valence-corrected chi connectivity index (χ0v) is 18.1. The molecule has 0 aliphatic heterocycles. The third-order valence-corrected chi connectivity index (χ3v) is 6.29. The van der Waals surface area contributed by atoms with Crippen LogP contribution in [0.2, 0.25) is 0 Å². The second kappa shape index (κ2) is 9.72. The van der Waals surface area contributed by atoms with Crippen LogP contribution in [0.4, 0.5) is 10.7 Å². The van der Waals surface area contributed by atoms with E-state index >= 15 is 0 Å². The van der Waals surface area contributed by atoms with Crippen LogP contribution in [0.15, 0.2) is 48.8 Å². The SMILES string of the molecule is COc1ccc(NC(=O)c2c(NC(=O)CNCc3cccnc3)sc3c2CCC3)cc1. The number of carbonyl (C=O) groups excluding carboxylic acids is 2. The zero-order valence-electron chi connectivity index (χ0n) is 17.2. The number of fused-ring (bicyclic) bond motifs is 1. The van der Waals surface area contributed by atoms with Gasteiger partial charge in [0.15, 0.2) is 0 Å². The average molecular weight is 437 g/mol. The third kappa shape index (κ3) is 5.10. The van der Waals surface area contributed by atoms with Gasteiger partial charge in [0.05, 0.1) is 19.2 Å². The van der Waals surface area contributed by atoms with E-state index in [0.717, 1.165) is 36.1 Å². The maximum atomic E-state index is 13.1. The highest BCUT2D eigenvalue weighted by Gasteiger charge is 2.27. The molecule has 7 nitrogen and oxygen atoms in total. The minimum absolute atomic E-state index is 0.150. The van der Waals surface area contributed by atoms with Gasteiger partial charge in [-0.3, -0.25) is 14.6 Å². The number of methoxy groups -OCH3 is 1. The van der Waals surface area contributed by atoms with Crippen LogP contribution in [-0.2, 0) is 24.2 Å². The first-order valence-corrected chi connectivity index (χ1v) is 10.9. The molecule has 2 amide bonds. The summed E-state index contributed by atoms with van der Waals surface area (Å²) in [5.41, 5.74) is 3.31. The summed E-state index contributed by atoms with van der Waals surface area (Å²) in [6, 6.07) is 11.0. The lowest BCUT2D eigenvalue weighted by Gasteiger charge is -2.10. The van der Waals surface area contributed by atoms with Crippen molar-refractivity contribution in [3.8, 4) is 5.75 Å². The van der Waals surface area contributed by atoms with Crippen molar-refractivity contribution in [3.05, 3.63) is 70.4 Å². The Kier molecular flexibility index (Phi) is 6.59. The van der Waals surface area contributed by atoms with Crippen LogP contribution in [0.3, 0.4) is 0 Å². The van der Waals surface area contributed by atoms with E-state index in [2.05, 4.69) is 20.9 Å². The molecule has 0 unspecified atom stereocenters. The number of carbonyl (C=O) groups is 2. The monoisotopic (exact) mass is 436 g/mol. The van der Waals surface area contributed by atoms with Crippen LogP contribution in [0.5, 0.6) is 5.75 Å². The van der Waals surface area contributed by atoms with Gasteiger partial charge in [-0.2, -0.15) is 0 Å². The highest BCUT2D eigenvalue weighted by atomic mass is 32.1. The number of benzene rings is 1. The van der Waals surface area contributed by atoms with E-state index in [4.69, 9.17) is 4.74 Å². The molecule has 1 aliphatic rings. The molecule has 4 rings (SSSR count). The maximum Gasteiger partial charge on any atom is 0.258 e. The number of pyridine rings is 1. The quantitative estimate of drug-likeness (QED) is 0.502. The molecule has 0 spiro atoms. The predicted molar refractivity (Wildman–Crippen MR) is 122 cm³/mol. The Morgan fingerprint density at radius 1 is 1.13 bits per heavy atom. The zero-order chi connectivity index (χ0) is 21.6. The molecule has 0 fully saturated rings. The Morgan fingerprint density at radius 2 is 1.97 bits per heavy atom. The van der Waals surface area contributed by atoms with Crippen LogP contribution in [0, 0.1) is 0 Å². The van der Waals surface area contributed by atoms with Crippen LogP contribution >= 0.6 is 11.3 Å². The largest absolute Gasteiger partial charge is 0.497 e. The Bertz CT molecular complexity index is 1060. The molecule has 31 heavy (non-hydrogen) atoms. The number of ether oxygens (including phenoxy) is 1. The Labute approximate surface area is 184 Å². The number of aryl methyl sites for hydroxylation is 1. The van der Waals surface area contributed by atoms with Crippen LogP contribution in [-0.4, -0.2) is 30.5 Å². The van der Waals surface area contributed by atoms with E-state index in [1.807, 2.05) is 12.1 Å². The fourth-order valence-electron chi connectivity index (χ4n) is 3.59. The molecule has 160 valence electrons. The highest BCUT2D eigenvalue weighted by molar-refractivity contribution is 7.17. The minimum atomic E-state index is -0.205. The molecule has 2 aromatic heterocycles. The van der Waals surface area contributed by atoms with Crippen LogP contribution in [0.1, 0.15) is 32.8 Å². The summed E-state index contributed by atoms with van der Waals surface area (Å²) in [7, 11) is 1.60. The predicted octanol–water partition coefficient (Wildman–Crippen LogP) is 3.62. The van der Waals surface area contributed by atoms with Crippen LogP contribution in [0.25, 0.3) is 0 Å². The fourth-order valence-corrected chi connectivity index (χ4v) is 4.90. The number of anilines is 2. The molecule has 0 saturated carbocycles. The van der Waals surface area contributed by atoms with E-state index in [1.54, 1.807) is 43.8 Å². The number of rotatable bonds is 8. The third-order valence-electron chi connectivity index (χ3n) is 5.09. The van der Waals surface area contributed by atoms with Gasteiger partial charge >= 0.3 is 0 Å². The summed E-state index contributed by atoms with van der Waals surface area (Å²) >= 11 is 1.50. The molecule has 1 aliphatic carbocycles. The summed E-state index contributed by atoms with van der Waals surface area (Å²) in [5.74, 6) is 0.339. The van der Waals surface area contributed by atoms with Crippen molar-refractivity contribution in [3.63, 3.8) is 0 Å². The standard InChI is InChI=1S/C23H24N4O3S/c1-30-17-9-7-16(8-10-17)26-22(29)21-18-5-2-6-19(18)31-23(21)27-20(28)14-25-13-15-4-3-11-24-12-15/h3-4,7-12,25H,2,5-6,13-14H2,1H3,(H,26,29)(H,27,28). The lowest BCUT2D eigenvalue weighted by molar-refractivity contribution is -0.115. The summed E-state index contributed by atoms with van der Waals surface area (Å²) in [4.78, 5) is 30.8. The number of hydrogen-bond donors (Lipinski definition) is 3. The number of nitrogens with zero attached hydrogens (tertiary/aromatic N) is 1. The number of aromatic nitrogens is 1. The second-order valence-corrected chi connectivity index (χ2v) is 8.36. The van der Waals surface area contributed by atoms with Crippen molar-refractivity contribution in [1.29, 1.82) is 0 Å². The highest BCUT2D eigenvalue weighted by Crippen LogP contribution is 2.39. The molecular formula is C23H24N4O3S. The van der Waals surface area contributed by atoms with E-state index < -0.39 is 0 Å². The van der Waals surface area contributed by atoms with Gasteiger partial charge < -0.3 is 20.7 Å². The van der Waals surface area contributed by atoms with Crippen molar-refractivity contribution >= 4 is 33.8 Å². The normalized spacial score (nSPS) is 12.3. The molecule has 8 heteroatoms. The van der Waals surface area contributed by atoms with Gasteiger partial charge in [-0.05, 0) is 60.7 Å².